The van der Waals surface area contributed by atoms with E-state index >= 15 is 0 Å². The van der Waals surface area contributed by atoms with Crippen molar-refractivity contribution in [2.75, 3.05) is 18.5 Å². The number of aromatic carboxylic acids is 1. The SMILES string of the molecule is CCOCC(=O)Nc1ccc(-n2ncc(C(=O)O)c2C(F)(F)F)cc1. The van der Waals surface area contributed by atoms with Crippen LogP contribution in [0.4, 0.5) is 18.9 Å². The van der Waals surface area contributed by atoms with Crippen LogP contribution in [0.3, 0.4) is 0 Å². The van der Waals surface area contributed by atoms with Crippen LogP contribution in [-0.4, -0.2) is 40.0 Å². The molecule has 0 saturated carbocycles. The van der Waals surface area contributed by atoms with Gasteiger partial charge in [-0.3, -0.25) is 4.79 Å². The number of nitrogens with zero attached hydrogens (tertiary/aromatic N) is 2. The third-order valence-corrected chi connectivity index (χ3v) is 3.10. The second kappa shape index (κ2) is 7.34. The summed E-state index contributed by atoms with van der Waals surface area (Å²) < 4.78 is 44.9. The molecule has 1 heterocycles. The van der Waals surface area contributed by atoms with Gasteiger partial charge in [0.2, 0.25) is 5.91 Å². The van der Waals surface area contributed by atoms with Crippen molar-refractivity contribution < 1.29 is 32.6 Å². The van der Waals surface area contributed by atoms with E-state index in [0.29, 0.717) is 23.2 Å². The highest BCUT2D eigenvalue weighted by Crippen LogP contribution is 2.33. The fraction of sp³-hybridized carbons (Fsp3) is 0.267. The quantitative estimate of drug-likeness (QED) is 0.829. The number of anilines is 1. The molecule has 0 aliphatic rings. The van der Waals surface area contributed by atoms with Crippen LogP contribution in [0.25, 0.3) is 5.69 Å². The Morgan fingerprint density at radius 1 is 1.28 bits per heavy atom. The Morgan fingerprint density at radius 2 is 1.92 bits per heavy atom. The van der Waals surface area contributed by atoms with E-state index in [1.165, 1.54) is 24.3 Å². The van der Waals surface area contributed by atoms with Gasteiger partial charge in [-0.2, -0.15) is 18.3 Å². The lowest BCUT2D eigenvalue weighted by molar-refractivity contribution is -0.143. The van der Waals surface area contributed by atoms with E-state index in [4.69, 9.17) is 9.84 Å². The van der Waals surface area contributed by atoms with Crippen LogP contribution in [-0.2, 0) is 15.7 Å². The molecule has 0 saturated heterocycles. The molecule has 2 rings (SSSR count). The molecule has 1 aromatic heterocycles. The highest BCUT2D eigenvalue weighted by Gasteiger charge is 2.40. The number of carbonyl (C=O) groups is 2. The molecule has 0 fully saturated rings. The third kappa shape index (κ3) is 4.35. The number of amides is 1. The maximum absolute atomic E-state index is 13.2. The molecule has 0 aliphatic heterocycles. The summed E-state index contributed by atoms with van der Waals surface area (Å²) in [5.74, 6) is -2.13. The Hall–Kier alpha value is -2.88. The lowest BCUT2D eigenvalue weighted by Crippen LogP contribution is -2.18. The van der Waals surface area contributed by atoms with Gasteiger partial charge in [-0.1, -0.05) is 0 Å². The van der Waals surface area contributed by atoms with Crippen LogP contribution < -0.4 is 5.32 Å². The van der Waals surface area contributed by atoms with Gasteiger partial charge in [0.1, 0.15) is 12.2 Å². The minimum absolute atomic E-state index is 0.00244. The third-order valence-electron chi connectivity index (χ3n) is 3.10. The average Bonchev–Trinajstić information content (AvgIpc) is 2.99. The second-order valence-electron chi connectivity index (χ2n) is 4.85. The van der Waals surface area contributed by atoms with Crippen molar-refractivity contribution >= 4 is 17.6 Å². The molecular weight excluding hydrogens is 343 g/mol. The molecule has 1 aromatic carbocycles. The molecular formula is C15H14F3N3O4. The van der Waals surface area contributed by atoms with E-state index in [2.05, 4.69) is 10.4 Å². The van der Waals surface area contributed by atoms with Gasteiger partial charge in [0, 0.05) is 12.3 Å². The van der Waals surface area contributed by atoms with Gasteiger partial charge in [0.25, 0.3) is 0 Å². The number of carboxylic acid groups (broad SMARTS) is 1. The maximum atomic E-state index is 13.2. The molecule has 0 spiro atoms. The first-order valence-electron chi connectivity index (χ1n) is 7.10. The number of rotatable bonds is 6. The Labute approximate surface area is 140 Å². The van der Waals surface area contributed by atoms with Crippen LogP contribution in [0, 0.1) is 0 Å². The van der Waals surface area contributed by atoms with E-state index in [0.717, 1.165) is 0 Å². The summed E-state index contributed by atoms with van der Waals surface area (Å²) in [7, 11) is 0. The zero-order valence-electron chi connectivity index (χ0n) is 13.0. The van der Waals surface area contributed by atoms with Crippen molar-refractivity contribution in [2.45, 2.75) is 13.1 Å². The van der Waals surface area contributed by atoms with Crippen LogP contribution in [0.2, 0.25) is 0 Å². The fourth-order valence-corrected chi connectivity index (χ4v) is 2.05. The van der Waals surface area contributed by atoms with E-state index in [1.54, 1.807) is 6.92 Å². The average molecular weight is 357 g/mol. The van der Waals surface area contributed by atoms with E-state index in [9.17, 15) is 22.8 Å². The molecule has 0 aliphatic carbocycles. The summed E-state index contributed by atoms with van der Waals surface area (Å²) in [6.45, 7) is 1.96. The molecule has 2 aromatic rings. The van der Waals surface area contributed by atoms with Gasteiger partial charge in [0.05, 0.1) is 11.9 Å². The number of hydrogen-bond donors (Lipinski definition) is 2. The van der Waals surface area contributed by atoms with Gasteiger partial charge in [-0.05, 0) is 31.2 Å². The monoisotopic (exact) mass is 357 g/mol. The zero-order chi connectivity index (χ0) is 18.6. The van der Waals surface area contributed by atoms with Gasteiger partial charge < -0.3 is 15.2 Å². The second-order valence-corrected chi connectivity index (χ2v) is 4.85. The van der Waals surface area contributed by atoms with Crippen molar-refractivity contribution in [3.05, 3.63) is 41.7 Å². The molecule has 10 heteroatoms. The summed E-state index contributed by atoms with van der Waals surface area (Å²) >= 11 is 0. The fourth-order valence-electron chi connectivity index (χ4n) is 2.05. The minimum atomic E-state index is -4.89. The number of carbonyl (C=O) groups excluding carboxylic acids is 1. The van der Waals surface area contributed by atoms with Crippen molar-refractivity contribution in [1.29, 1.82) is 0 Å². The minimum Gasteiger partial charge on any atom is -0.478 e. The van der Waals surface area contributed by atoms with E-state index < -0.39 is 29.3 Å². The van der Waals surface area contributed by atoms with Crippen molar-refractivity contribution in [1.82, 2.24) is 9.78 Å². The number of alkyl halides is 3. The van der Waals surface area contributed by atoms with Gasteiger partial charge in [-0.25, -0.2) is 9.48 Å². The molecule has 25 heavy (non-hydrogen) atoms. The predicted molar refractivity (Wildman–Crippen MR) is 80.6 cm³/mol. The number of ether oxygens (including phenoxy) is 1. The van der Waals surface area contributed by atoms with Crippen LogP contribution >= 0.6 is 0 Å². The molecule has 134 valence electrons. The van der Waals surface area contributed by atoms with E-state index in [1.807, 2.05) is 0 Å². The van der Waals surface area contributed by atoms with Crippen LogP contribution in [0.5, 0.6) is 0 Å². The number of nitrogens with one attached hydrogen (secondary N) is 1. The highest BCUT2D eigenvalue weighted by molar-refractivity contribution is 5.91. The summed E-state index contributed by atoms with van der Waals surface area (Å²) in [5, 5.41) is 14.9. The first-order chi connectivity index (χ1) is 11.7. The molecule has 2 N–H and O–H groups in total. The molecule has 0 unspecified atom stereocenters. The highest BCUT2D eigenvalue weighted by atomic mass is 19.4. The lowest BCUT2D eigenvalue weighted by atomic mass is 10.2. The number of hydrogen-bond acceptors (Lipinski definition) is 4. The first kappa shape index (κ1) is 18.5. The smallest absolute Gasteiger partial charge is 0.434 e. The standard InChI is InChI=1S/C15H14F3N3O4/c1-2-25-8-12(22)20-9-3-5-10(6-4-9)21-13(15(16,17)18)11(7-19-21)14(23)24/h3-7H,2,8H2,1H3,(H,20,22)(H,23,24). The Balaban J connectivity index is 2.29. The van der Waals surface area contributed by atoms with Crippen molar-refractivity contribution in [2.24, 2.45) is 0 Å². The summed E-state index contributed by atoms with van der Waals surface area (Å²) in [6, 6.07) is 5.32. The van der Waals surface area contributed by atoms with Gasteiger partial charge in [-0.15, -0.1) is 0 Å². The Morgan fingerprint density at radius 3 is 2.44 bits per heavy atom. The number of aromatic nitrogens is 2. The number of benzene rings is 1. The van der Waals surface area contributed by atoms with Gasteiger partial charge in [0.15, 0.2) is 5.69 Å². The molecule has 0 radical (unpaired) electrons. The van der Waals surface area contributed by atoms with E-state index in [-0.39, 0.29) is 12.3 Å². The summed E-state index contributed by atoms with van der Waals surface area (Å²) in [5.41, 5.74) is -1.97. The molecule has 7 nitrogen and oxygen atoms in total. The van der Waals surface area contributed by atoms with Crippen LogP contribution in [0.15, 0.2) is 30.5 Å². The summed E-state index contributed by atoms with van der Waals surface area (Å²) in [4.78, 5) is 22.5. The van der Waals surface area contributed by atoms with Crippen LogP contribution in [0.1, 0.15) is 23.0 Å². The molecule has 1 amide bonds. The predicted octanol–water partition coefficient (Wildman–Crippen LogP) is 2.56. The Bertz CT molecular complexity index is 769. The zero-order valence-corrected chi connectivity index (χ0v) is 13.0. The maximum Gasteiger partial charge on any atom is 0.434 e. The number of carboxylic acids is 1. The van der Waals surface area contributed by atoms with Crippen molar-refractivity contribution in [3.8, 4) is 5.69 Å². The topological polar surface area (TPSA) is 93.5 Å². The number of halogens is 3. The first-order valence-corrected chi connectivity index (χ1v) is 7.10. The largest absolute Gasteiger partial charge is 0.478 e. The Kier molecular flexibility index (Phi) is 5.42. The normalized spacial score (nSPS) is 11.4. The lowest BCUT2D eigenvalue weighted by Gasteiger charge is -2.12. The molecule has 0 atom stereocenters. The van der Waals surface area contributed by atoms with Gasteiger partial charge >= 0.3 is 12.1 Å². The summed E-state index contributed by atoms with van der Waals surface area (Å²) in [6.07, 6.45) is -4.25. The van der Waals surface area contributed by atoms with Crippen molar-refractivity contribution in [3.63, 3.8) is 0 Å². The molecule has 0 bridgehead atoms.